The Balaban J connectivity index is 2.71. The molecule has 1 saturated carbocycles. The Morgan fingerprint density at radius 3 is 2.35 bits per heavy atom. The van der Waals surface area contributed by atoms with Gasteiger partial charge in [0.25, 0.3) is 0 Å². The third-order valence-corrected chi connectivity index (χ3v) is 3.31. The molecule has 17 heavy (non-hydrogen) atoms. The minimum Gasteiger partial charge on any atom is -0.381 e. The maximum atomic E-state index is 13.7. The lowest BCUT2D eigenvalue weighted by Crippen LogP contribution is -2.15. The predicted molar refractivity (Wildman–Crippen MR) is 57.4 cm³/mol. The van der Waals surface area contributed by atoms with Gasteiger partial charge in [0, 0.05) is 5.56 Å². The number of hydrogen-bond donors (Lipinski definition) is 1. The SMILES string of the molecule is CSc1nc(N)c(F)c(C2CC2)c1C(F)(F)F. The maximum absolute atomic E-state index is 13.7. The van der Waals surface area contributed by atoms with Gasteiger partial charge in [-0.2, -0.15) is 13.2 Å². The molecule has 2 nitrogen and oxygen atoms in total. The molecule has 1 aromatic rings. The average molecular weight is 266 g/mol. The quantitative estimate of drug-likeness (QED) is 0.658. The van der Waals surface area contributed by atoms with Gasteiger partial charge in [0.15, 0.2) is 11.6 Å². The number of nitrogens with zero attached hydrogens (tertiary/aromatic N) is 1. The fourth-order valence-electron chi connectivity index (χ4n) is 1.75. The average Bonchev–Trinajstić information content (AvgIpc) is 3.03. The predicted octanol–water partition coefficient (Wildman–Crippen LogP) is 3.42. The van der Waals surface area contributed by atoms with Gasteiger partial charge in [0.1, 0.15) is 5.03 Å². The van der Waals surface area contributed by atoms with Gasteiger partial charge in [-0.25, -0.2) is 9.37 Å². The van der Waals surface area contributed by atoms with Crippen LogP contribution < -0.4 is 5.73 Å². The summed E-state index contributed by atoms with van der Waals surface area (Å²) in [5.41, 5.74) is 4.04. The van der Waals surface area contributed by atoms with Gasteiger partial charge in [-0.1, -0.05) is 0 Å². The normalized spacial score (nSPS) is 16.3. The fraction of sp³-hybridized carbons (Fsp3) is 0.500. The first kappa shape index (κ1) is 12.5. The third-order valence-electron chi connectivity index (χ3n) is 2.63. The Kier molecular flexibility index (Phi) is 2.97. The maximum Gasteiger partial charge on any atom is 0.419 e. The van der Waals surface area contributed by atoms with Crippen molar-refractivity contribution < 1.29 is 17.6 Å². The molecule has 1 aromatic heterocycles. The molecule has 0 spiro atoms. The van der Waals surface area contributed by atoms with Crippen molar-refractivity contribution in [3.05, 3.63) is 16.9 Å². The number of nitrogens with two attached hydrogens (primary N) is 1. The standard InChI is InChI=1S/C10H10F4N2S/c1-17-9-6(10(12,13)14)5(4-2-3-4)7(11)8(15)16-9/h4H,2-3H2,1H3,(H2,15,16). The molecule has 94 valence electrons. The Morgan fingerprint density at radius 1 is 1.35 bits per heavy atom. The van der Waals surface area contributed by atoms with Crippen LogP contribution in [0.2, 0.25) is 0 Å². The van der Waals surface area contributed by atoms with E-state index in [0.29, 0.717) is 12.8 Å². The van der Waals surface area contributed by atoms with E-state index in [2.05, 4.69) is 4.98 Å². The number of hydrogen-bond acceptors (Lipinski definition) is 3. The van der Waals surface area contributed by atoms with Crippen LogP contribution in [0.1, 0.15) is 29.9 Å². The number of halogens is 4. The summed E-state index contributed by atoms with van der Waals surface area (Å²) in [6.07, 6.45) is -2.00. The first-order valence-corrected chi connectivity index (χ1v) is 6.18. The zero-order chi connectivity index (χ0) is 12.8. The van der Waals surface area contributed by atoms with Gasteiger partial charge in [0.05, 0.1) is 5.56 Å². The van der Waals surface area contributed by atoms with E-state index < -0.39 is 23.4 Å². The highest BCUT2D eigenvalue weighted by molar-refractivity contribution is 7.98. The molecule has 1 fully saturated rings. The number of rotatable bonds is 2. The van der Waals surface area contributed by atoms with Crippen LogP contribution in [-0.4, -0.2) is 11.2 Å². The highest BCUT2D eigenvalue weighted by atomic mass is 32.2. The van der Waals surface area contributed by atoms with Crippen molar-refractivity contribution in [1.82, 2.24) is 4.98 Å². The van der Waals surface area contributed by atoms with Crippen molar-refractivity contribution in [1.29, 1.82) is 0 Å². The molecule has 2 N–H and O–H groups in total. The molecular formula is C10H10F4N2S. The highest BCUT2D eigenvalue weighted by Crippen LogP contribution is 2.49. The molecule has 0 aromatic carbocycles. The van der Waals surface area contributed by atoms with Gasteiger partial charge >= 0.3 is 6.18 Å². The van der Waals surface area contributed by atoms with Crippen LogP contribution in [0.4, 0.5) is 23.4 Å². The van der Waals surface area contributed by atoms with Crippen molar-refractivity contribution in [2.75, 3.05) is 12.0 Å². The number of pyridine rings is 1. The van der Waals surface area contributed by atoms with E-state index in [1.807, 2.05) is 0 Å². The van der Waals surface area contributed by atoms with Crippen LogP contribution in [0.25, 0.3) is 0 Å². The van der Waals surface area contributed by atoms with Crippen molar-refractivity contribution in [2.45, 2.75) is 30.0 Å². The van der Waals surface area contributed by atoms with E-state index in [1.165, 1.54) is 6.26 Å². The summed E-state index contributed by atoms with van der Waals surface area (Å²) in [4.78, 5) is 3.47. The summed E-state index contributed by atoms with van der Waals surface area (Å²) in [5.74, 6) is -1.84. The summed E-state index contributed by atoms with van der Waals surface area (Å²) in [5, 5.41) is -0.252. The van der Waals surface area contributed by atoms with E-state index in [0.717, 1.165) is 11.8 Å². The smallest absolute Gasteiger partial charge is 0.381 e. The number of anilines is 1. The van der Waals surface area contributed by atoms with Crippen LogP contribution in [0.5, 0.6) is 0 Å². The molecule has 0 aliphatic heterocycles. The van der Waals surface area contributed by atoms with E-state index >= 15 is 0 Å². The van der Waals surface area contributed by atoms with Gasteiger partial charge in [-0.05, 0) is 25.0 Å². The summed E-state index contributed by atoms with van der Waals surface area (Å²) >= 11 is 0.827. The molecule has 0 unspecified atom stereocenters. The highest BCUT2D eigenvalue weighted by Gasteiger charge is 2.43. The first-order valence-electron chi connectivity index (χ1n) is 4.96. The second kappa shape index (κ2) is 4.04. The second-order valence-corrected chi connectivity index (χ2v) is 4.68. The number of aromatic nitrogens is 1. The molecular weight excluding hydrogens is 256 g/mol. The molecule has 0 atom stereocenters. The van der Waals surface area contributed by atoms with E-state index in [4.69, 9.17) is 5.73 Å². The van der Waals surface area contributed by atoms with Gasteiger partial charge in [-0.15, -0.1) is 11.8 Å². The van der Waals surface area contributed by atoms with Gasteiger partial charge < -0.3 is 5.73 Å². The van der Waals surface area contributed by atoms with Crippen LogP contribution in [0, 0.1) is 5.82 Å². The number of alkyl halides is 3. The molecule has 1 aliphatic carbocycles. The molecule has 1 aliphatic rings. The van der Waals surface area contributed by atoms with Crippen molar-refractivity contribution in [3.8, 4) is 0 Å². The second-order valence-electron chi connectivity index (χ2n) is 3.88. The van der Waals surface area contributed by atoms with Crippen LogP contribution in [-0.2, 0) is 6.18 Å². The monoisotopic (exact) mass is 266 g/mol. The van der Waals surface area contributed by atoms with Crippen LogP contribution in [0.3, 0.4) is 0 Å². The Hall–Kier alpha value is -0.980. The first-order chi connectivity index (χ1) is 7.86. The van der Waals surface area contributed by atoms with Gasteiger partial charge in [-0.3, -0.25) is 0 Å². The lowest BCUT2D eigenvalue weighted by Gasteiger charge is -2.17. The molecule has 2 rings (SSSR count). The Bertz CT molecular complexity index is 455. The topological polar surface area (TPSA) is 38.9 Å². The van der Waals surface area contributed by atoms with Crippen molar-refractivity contribution in [3.63, 3.8) is 0 Å². The summed E-state index contributed by atoms with van der Waals surface area (Å²) in [6.45, 7) is 0. The Morgan fingerprint density at radius 2 is 1.94 bits per heavy atom. The van der Waals surface area contributed by atoms with E-state index in [9.17, 15) is 17.6 Å². The zero-order valence-electron chi connectivity index (χ0n) is 8.94. The van der Waals surface area contributed by atoms with Crippen molar-refractivity contribution in [2.24, 2.45) is 0 Å². The molecule has 0 saturated heterocycles. The minimum atomic E-state index is -4.60. The molecule has 0 bridgehead atoms. The zero-order valence-corrected chi connectivity index (χ0v) is 9.75. The largest absolute Gasteiger partial charge is 0.419 e. The third kappa shape index (κ3) is 2.20. The lowest BCUT2D eigenvalue weighted by atomic mass is 10.0. The van der Waals surface area contributed by atoms with E-state index in [-0.39, 0.29) is 16.5 Å². The van der Waals surface area contributed by atoms with Crippen LogP contribution in [0.15, 0.2) is 5.03 Å². The Labute approximate surface area is 99.6 Å². The minimum absolute atomic E-state index is 0.252. The number of thioether (sulfide) groups is 1. The van der Waals surface area contributed by atoms with Crippen LogP contribution >= 0.6 is 11.8 Å². The lowest BCUT2D eigenvalue weighted by molar-refractivity contribution is -0.141. The molecule has 7 heteroatoms. The fourth-order valence-corrected chi connectivity index (χ4v) is 2.37. The number of nitrogen functional groups attached to an aromatic ring is 1. The molecule has 1 heterocycles. The molecule has 0 amide bonds. The summed E-state index contributed by atoms with van der Waals surface area (Å²) in [6, 6.07) is 0. The van der Waals surface area contributed by atoms with E-state index in [1.54, 1.807) is 0 Å². The molecule has 0 radical (unpaired) electrons. The van der Waals surface area contributed by atoms with Crippen molar-refractivity contribution >= 4 is 17.6 Å². The summed E-state index contributed by atoms with van der Waals surface area (Å²) < 4.78 is 52.5. The van der Waals surface area contributed by atoms with Gasteiger partial charge in [0.2, 0.25) is 0 Å². The summed E-state index contributed by atoms with van der Waals surface area (Å²) in [7, 11) is 0.